The standard InChI is InChI=1S/C6H12NP/c1-6(2)4-5-7-8-3/h4-5,8H,1-3H3. The lowest BCUT2D eigenvalue weighted by Crippen LogP contribution is -1.63. The van der Waals surface area contributed by atoms with Gasteiger partial charge < -0.3 is 0 Å². The normalized spacial score (nSPS) is 11.4. The zero-order valence-electron chi connectivity index (χ0n) is 5.60. The molecule has 0 saturated heterocycles. The highest BCUT2D eigenvalue weighted by Gasteiger charge is 1.68. The van der Waals surface area contributed by atoms with Crippen LogP contribution in [0.1, 0.15) is 13.8 Å². The summed E-state index contributed by atoms with van der Waals surface area (Å²) in [5.74, 6) is 0. The van der Waals surface area contributed by atoms with Gasteiger partial charge in [-0.15, -0.1) is 0 Å². The lowest BCUT2D eigenvalue weighted by atomic mass is 10.3. The number of nitrogens with zero attached hydrogens (tertiary/aromatic N) is 1. The van der Waals surface area contributed by atoms with Crippen LogP contribution < -0.4 is 0 Å². The molecule has 0 saturated carbocycles. The highest BCUT2D eigenvalue weighted by atomic mass is 31.1. The van der Waals surface area contributed by atoms with E-state index in [1.54, 1.807) is 0 Å². The Morgan fingerprint density at radius 3 is 2.50 bits per heavy atom. The minimum Gasteiger partial charge on any atom is -0.273 e. The van der Waals surface area contributed by atoms with Crippen LogP contribution in [0.15, 0.2) is 16.4 Å². The van der Waals surface area contributed by atoms with Crippen molar-refractivity contribution in [2.45, 2.75) is 13.8 Å². The van der Waals surface area contributed by atoms with E-state index in [1.807, 2.05) is 12.3 Å². The van der Waals surface area contributed by atoms with Gasteiger partial charge in [0, 0.05) is 6.21 Å². The molecule has 0 heterocycles. The molecule has 8 heavy (non-hydrogen) atoms. The molecular weight excluding hydrogens is 117 g/mol. The number of hydrogen-bond acceptors (Lipinski definition) is 1. The molecule has 2 heteroatoms. The molecule has 0 aliphatic rings. The van der Waals surface area contributed by atoms with Crippen molar-refractivity contribution in [1.29, 1.82) is 0 Å². The van der Waals surface area contributed by atoms with E-state index in [0.717, 1.165) is 0 Å². The summed E-state index contributed by atoms with van der Waals surface area (Å²) in [6.45, 7) is 6.17. The molecule has 0 spiro atoms. The molecule has 0 aromatic carbocycles. The Kier molecular flexibility index (Phi) is 4.89. The van der Waals surface area contributed by atoms with Gasteiger partial charge in [0.2, 0.25) is 0 Å². The van der Waals surface area contributed by atoms with Gasteiger partial charge in [-0.25, -0.2) is 0 Å². The van der Waals surface area contributed by atoms with Crippen LogP contribution in [0.25, 0.3) is 0 Å². The third-order valence-corrected chi connectivity index (χ3v) is 1.02. The van der Waals surface area contributed by atoms with Gasteiger partial charge in [0.25, 0.3) is 0 Å². The second kappa shape index (κ2) is 4.99. The maximum absolute atomic E-state index is 4.04. The predicted octanol–water partition coefficient (Wildman–Crippen LogP) is 2.25. The van der Waals surface area contributed by atoms with E-state index in [1.165, 1.54) is 5.57 Å². The fraction of sp³-hybridized carbons (Fsp3) is 0.500. The smallest absolute Gasteiger partial charge is 0.0252 e. The molecular formula is C6H12NP. The van der Waals surface area contributed by atoms with Gasteiger partial charge in [-0.1, -0.05) is 5.57 Å². The molecule has 0 aliphatic heterocycles. The lowest BCUT2D eigenvalue weighted by Gasteiger charge is -1.80. The summed E-state index contributed by atoms with van der Waals surface area (Å²) in [6.07, 6.45) is 3.87. The molecule has 0 amide bonds. The molecule has 0 aromatic heterocycles. The van der Waals surface area contributed by atoms with E-state index in [9.17, 15) is 0 Å². The van der Waals surface area contributed by atoms with Crippen LogP contribution in [0.4, 0.5) is 0 Å². The first-order valence-corrected chi connectivity index (χ1v) is 4.05. The van der Waals surface area contributed by atoms with Crippen molar-refractivity contribution in [2.24, 2.45) is 4.76 Å². The minimum absolute atomic E-state index is 0.682. The second-order valence-electron chi connectivity index (χ2n) is 1.75. The summed E-state index contributed by atoms with van der Waals surface area (Å²) in [4.78, 5) is 0. The van der Waals surface area contributed by atoms with E-state index in [2.05, 4.69) is 25.3 Å². The highest BCUT2D eigenvalue weighted by molar-refractivity contribution is 7.35. The Morgan fingerprint density at radius 1 is 1.50 bits per heavy atom. The quantitative estimate of drug-likeness (QED) is 0.400. The second-order valence-corrected chi connectivity index (χ2v) is 2.45. The Morgan fingerprint density at radius 2 is 2.12 bits per heavy atom. The molecule has 0 aromatic rings. The summed E-state index contributed by atoms with van der Waals surface area (Å²) in [5, 5.41) is 0. The fourth-order valence-electron chi connectivity index (χ4n) is 0.261. The van der Waals surface area contributed by atoms with Crippen molar-refractivity contribution in [1.82, 2.24) is 0 Å². The maximum atomic E-state index is 4.04. The van der Waals surface area contributed by atoms with E-state index >= 15 is 0 Å². The zero-order chi connectivity index (χ0) is 6.41. The summed E-state index contributed by atoms with van der Waals surface area (Å²) in [5.41, 5.74) is 1.30. The summed E-state index contributed by atoms with van der Waals surface area (Å²) < 4.78 is 4.04. The monoisotopic (exact) mass is 129 g/mol. The third kappa shape index (κ3) is 5.84. The van der Waals surface area contributed by atoms with E-state index in [0.29, 0.717) is 8.73 Å². The van der Waals surface area contributed by atoms with Crippen molar-refractivity contribution >= 4 is 14.9 Å². The molecule has 1 unspecified atom stereocenters. The molecule has 0 rings (SSSR count). The third-order valence-electron chi connectivity index (χ3n) is 0.612. The maximum Gasteiger partial charge on any atom is 0.0252 e. The van der Waals surface area contributed by atoms with Crippen LogP contribution >= 0.6 is 8.73 Å². The van der Waals surface area contributed by atoms with Crippen molar-refractivity contribution in [2.75, 3.05) is 6.66 Å². The van der Waals surface area contributed by atoms with Crippen LogP contribution in [0.5, 0.6) is 0 Å². The molecule has 1 nitrogen and oxygen atoms in total. The average Bonchev–Trinajstić information content (AvgIpc) is 1.66. The van der Waals surface area contributed by atoms with Crippen LogP contribution in [-0.2, 0) is 0 Å². The van der Waals surface area contributed by atoms with Gasteiger partial charge in [-0.2, -0.15) is 0 Å². The van der Waals surface area contributed by atoms with Crippen molar-refractivity contribution in [3.05, 3.63) is 11.6 Å². The molecule has 0 radical (unpaired) electrons. The van der Waals surface area contributed by atoms with E-state index in [-0.39, 0.29) is 0 Å². The Balaban J connectivity index is 3.42. The van der Waals surface area contributed by atoms with Crippen molar-refractivity contribution < 1.29 is 0 Å². The summed E-state index contributed by atoms with van der Waals surface area (Å²) >= 11 is 0. The molecule has 0 aliphatic carbocycles. The van der Waals surface area contributed by atoms with E-state index < -0.39 is 0 Å². The van der Waals surface area contributed by atoms with Gasteiger partial charge >= 0.3 is 0 Å². The Bertz CT molecular complexity index is 101. The fourth-order valence-corrected chi connectivity index (χ4v) is 0.484. The topological polar surface area (TPSA) is 12.4 Å². The average molecular weight is 129 g/mol. The molecule has 0 fully saturated rings. The van der Waals surface area contributed by atoms with E-state index in [4.69, 9.17) is 0 Å². The lowest BCUT2D eigenvalue weighted by molar-refractivity contribution is 1.41. The number of allylic oxidation sites excluding steroid dienone is 2. The summed E-state index contributed by atoms with van der Waals surface area (Å²) in [6, 6.07) is 0. The number of rotatable bonds is 2. The summed E-state index contributed by atoms with van der Waals surface area (Å²) in [7, 11) is 0.682. The van der Waals surface area contributed by atoms with Gasteiger partial charge in [-0.05, 0) is 35.3 Å². The Labute approximate surface area is 52.7 Å². The first-order chi connectivity index (χ1) is 3.77. The molecule has 0 N–H and O–H groups in total. The highest BCUT2D eigenvalue weighted by Crippen LogP contribution is 2.00. The molecule has 0 bridgehead atoms. The molecule has 46 valence electrons. The largest absolute Gasteiger partial charge is 0.273 e. The SMILES string of the molecule is CPN=CC=C(C)C. The minimum atomic E-state index is 0.682. The van der Waals surface area contributed by atoms with Crippen LogP contribution in [0.2, 0.25) is 0 Å². The molecule has 1 atom stereocenters. The van der Waals surface area contributed by atoms with Crippen LogP contribution in [-0.4, -0.2) is 12.9 Å². The predicted molar refractivity (Wildman–Crippen MR) is 42.2 cm³/mol. The number of hydrogen-bond donors (Lipinski definition) is 0. The van der Waals surface area contributed by atoms with Crippen molar-refractivity contribution in [3.8, 4) is 0 Å². The van der Waals surface area contributed by atoms with Crippen LogP contribution in [0, 0.1) is 0 Å². The van der Waals surface area contributed by atoms with Crippen LogP contribution in [0.3, 0.4) is 0 Å². The van der Waals surface area contributed by atoms with Gasteiger partial charge in [0.1, 0.15) is 0 Å². The first-order valence-electron chi connectivity index (χ1n) is 2.60. The van der Waals surface area contributed by atoms with Gasteiger partial charge in [0.05, 0.1) is 0 Å². The first kappa shape index (κ1) is 7.84. The van der Waals surface area contributed by atoms with Gasteiger partial charge in [0.15, 0.2) is 0 Å². The Hall–Kier alpha value is -0.160. The zero-order valence-corrected chi connectivity index (χ0v) is 6.60. The van der Waals surface area contributed by atoms with Gasteiger partial charge in [-0.3, -0.25) is 4.76 Å². The van der Waals surface area contributed by atoms with Crippen molar-refractivity contribution in [3.63, 3.8) is 0 Å².